The van der Waals surface area contributed by atoms with Crippen molar-refractivity contribution in [3.8, 4) is 0 Å². The van der Waals surface area contributed by atoms with Crippen LogP contribution in [0.3, 0.4) is 0 Å². The second-order valence-electron chi connectivity index (χ2n) is 8.52. The van der Waals surface area contributed by atoms with Gasteiger partial charge in [0.25, 0.3) is 5.96 Å². The van der Waals surface area contributed by atoms with Crippen LogP contribution in [0.15, 0.2) is 0 Å². The van der Waals surface area contributed by atoms with Gasteiger partial charge in [0, 0.05) is 6.42 Å². The van der Waals surface area contributed by atoms with Crippen molar-refractivity contribution in [1.29, 1.82) is 5.41 Å². The third-order valence-electron chi connectivity index (χ3n) is 5.77. The van der Waals surface area contributed by atoms with Crippen LogP contribution >= 0.6 is 0 Å². The highest BCUT2D eigenvalue weighted by Gasteiger charge is 2.37. The number of rotatable bonds is 18. The highest BCUT2D eigenvalue weighted by atomic mass is 16.4. The van der Waals surface area contributed by atoms with E-state index in [0.29, 0.717) is 6.42 Å². The van der Waals surface area contributed by atoms with Gasteiger partial charge in [-0.25, -0.2) is 10.2 Å². The van der Waals surface area contributed by atoms with Crippen LogP contribution in [0.25, 0.3) is 0 Å². The second-order valence-corrected chi connectivity index (χ2v) is 8.52. The molecule has 0 saturated heterocycles. The average Bonchev–Trinajstić information content (AvgIpc) is 2.60. The molecule has 0 fully saturated rings. The van der Waals surface area contributed by atoms with E-state index in [0.717, 1.165) is 12.8 Å². The van der Waals surface area contributed by atoms with Gasteiger partial charge in [0.1, 0.15) is 0 Å². The predicted molar refractivity (Wildman–Crippen MR) is 115 cm³/mol. The summed E-state index contributed by atoms with van der Waals surface area (Å²) in [6, 6.07) is -0.621. The van der Waals surface area contributed by atoms with Crippen molar-refractivity contribution >= 4 is 11.9 Å². The van der Waals surface area contributed by atoms with E-state index in [2.05, 4.69) is 6.92 Å². The van der Waals surface area contributed by atoms with Gasteiger partial charge < -0.3 is 10.8 Å². The van der Waals surface area contributed by atoms with Gasteiger partial charge in [0.05, 0.1) is 14.1 Å². The summed E-state index contributed by atoms with van der Waals surface area (Å²) in [4.78, 5) is 11.5. The molecule has 0 heterocycles. The number of unbranched alkanes of at least 4 members (excludes halogenated alkanes) is 14. The third-order valence-corrected chi connectivity index (χ3v) is 5.77. The van der Waals surface area contributed by atoms with Gasteiger partial charge >= 0.3 is 5.97 Å². The molecule has 27 heavy (non-hydrogen) atoms. The summed E-state index contributed by atoms with van der Waals surface area (Å²) in [6.45, 7) is 2.27. The highest BCUT2D eigenvalue weighted by Crippen LogP contribution is 2.17. The van der Waals surface area contributed by atoms with Crippen molar-refractivity contribution in [1.82, 2.24) is 0 Å². The molecule has 4 N–H and O–H groups in total. The average molecular weight is 385 g/mol. The van der Waals surface area contributed by atoms with Crippen LogP contribution < -0.4 is 5.73 Å². The lowest BCUT2D eigenvalue weighted by Gasteiger charge is -2.32. The molecule has 0 aromatic heterocycles. The number of carbonyl (C=O) groups is 1. The van der Waals surface area contributed by atoms with Crippen molar-refractivity contribution in [2.45, 2.75) is 116 Å². The Hall–Kier alpha value is -1.10. The number of nitrogens with one attached hydrogen (secondary N) is 1. The number of carboxylic acids is 1. The summed E-state index contributed by atoms with van der Waals surface area (Å²) < 4.78 is -0.0616. The summed E-state index contributed by atoms with van der Waals surface area (Å²) in [5.41, 5.74) is 5.56. The fourth-order valence-electron chi connectivity index (χ4n) is 3.60. The molecule has 0 amide bonds. The van der Waals surface area contributed by atoms with Gasteiger partial charge in [-0.2, -0.15) is 0 Å². The van der Waals surface area contributed by atoms with Crippen LogP contribution in [0.5, 0.6) is 0 Å². The molecule has 0 bridgehead atoms. The van der Waals surface area contributed by atoms with Crippen LogP contribution in [-0.2, 0) is 4.79 Å². The van der Waals surface area contributed by atoms with Crippen LogP contribution in [0.2, 0.25) is 0 Å². The number of aliphatic carboxylic acids is 1. The van der Waals surface area contributed by atoms with Crippen molar-refractivity contribution in [2.24, 2.45) is 5.73 Å². The fraction of sp³-hybridized carbons (Fsp3) is 0.909. The van der Waals surface area contributed by atoms with Crippen molar-refractivity contribution in [3.63, 3.8) is 0 Å². The molecule has 0 aliphatic carbocycles. The van der Waals surface area contributed by atoms with E-state index < -0.39 is 12.0 Å². The summed E-state index contributed by atoms with van der Waals surface area (Å²) >= 11 is 0. The van der Waals surface area contributed by atoms with Gasteiger partial charge in [-0.1, -0.05) is 96.8 Å². The Labute approximate surface area is 167 Å². The number of guanidine groups is 1. The fourth-order valence-corrected chi connectivity index (χ4v) is 3.60. The molecule has 5 heteroatoms. The standard InChI is InChI=1S/C22H45N3O2/c1-4-5-6-7-8-9-10-11-12-13-14-15-16-17-18-19-20(21(26)27)25(2,3)22(23)24/h20H,4-19H2,1-3H3,(H3-,23,24,26,27)/p+1. The summed E-state index contributed by atoms with van der Waals surface area (Å²) in [5, 5.41) is 17.0. The van der Waals surface area contributed by atoms with E-state index in [4.69, 9.17) is 11.1 Å². The Kier molecular flexibility index (Phi) is 15.3. The Morgan fingerprint density at radius 2 is 1.15 bits per heavy atom. The minimum Gasteiger partial charge on any atom is -0.477 e. The van der Waals surface area contributed by atoms with Gasteiger partial charge in [-0.05, 0) is 6.42 Å². The van der Waals surface area contributed by atoms with E-state index in [1.54, 1.807) is 14.1 Å². The molecule has 0 saturated carbocycles. The number of nitrogens with two attached hydrogens (primary N) is 1. The Morgan fingerprint density at radius 1 is 0.815 bits per heavy atom. The number of hydrogen-bond acceptors (Lipinski definition) is 2. The molecule has 0 rings (SSSR count). The predicted octanol–water partition coefficient (Wildman–Crippen LogP) is 5.67. The normalized spacial score (nSPS) is 12.9. The van der Waals surface area contributed by atoms with Crippen molar-refractivity contribution < 1.29 is 14.4 Å². The molecule has 5 nitrogen and oxygen atoms in total. The summed E-state index contributed by atoms with van der Waals surface area (Å²) in [7, 11) is 3.40. The van der Waals surface area contributed by atoms with E-state index in [1.165, 1.54) is 83.5 Å². The zero-order valence-electron chi connectivity index (χ0n) is 18.3. The molecule has 1 atom stereocenters. The van der Waals surface area contributed by atoms with E-state index in [-0.39, 0.29) is 10.4 Å². The topological polar surface area (TPSA) is 87.2 Å². The molecule has 1 unspecified atom stereocenters. The van der Waals surface area contributed by atoms with E-state index >= 15 is 0 Å². The van der Waals surface area contributed by atoms with Gasteiger partial charge in [-0.15, -0.1) is 0 Å². The number of quaternary nitrogens is 1. The first-order valence-corrected chi connectivity index (χ1v) is 11.2. The molecule has 0 spiro atoms. The molecule has 0 aromatic rings. The maximum Gasteiger partial charge on any atom is 0.363 e. The molecule has 0 radical (unpaired) electrons. The minimum atomic E-state index is -0.861. The van der Waals surface area contributed by atoms with Crippen molar-refractivity contribution in [2.75, 3.05) is 14.1 Å². The molecule has 160 valence electrons. The first kappa shape index (κ1) is 25.9. The summed E-state index contributed by atoms with van der Waals surface area (Å²) in [5.74, 6) is -0.955. The number of likely N-dealkylation sites (N-methyl/N-ethyl adjacent to an activating group) is 1. The van der Waals surface area contributed by atoms with E-state index in [9.17, 15) is 9.90 Å². The lowest BCUT2D eigenvalue weighted by atomic mass is 10.0. The maximum absolute atomic E-state index is 11.5. The minimum absolute atomic E-state index is 0.0616. The van der Waals surface area contributed by atoms with Gasteiger partial charge in [-0.3, -0.25) is 4.48 Å². The molecule has 0 aliphatic heterocycles. The molecule has 0 aliphatic rings. The van der Waals surface area contributed by atoms with Crippen LogP contribution in [0, 0.1) is 5.41 Å². The number of carboxylic acid groups (broad SMARTS) is 1. The lowest BCUT2D eigenvalue weighted by Crippen LogP contribution is -2.59. The van der Waals surface area contributed by atoms with Gasteiger partial charge in [0.15, 0.2) is 6.04 Å². The zero-order valence-corrected chi connectivity index (χ0v) is 18.3. The Morgan fingerprint density at radius 3 is 1.44 bits per heavy atom. The molecular formula is C22H46N3O2+. The quantitative estimate of drug-likeness (QED) is 0.123. The van der Waals surface area contributed by atoms with E-state index in [1.807, 2.05) is 0 Å². The number of nitrogens with zero attached hydrogens (tertiary/aromatic N) is 1. The Balaban J connectivity index is 3.54. The maximum atomic E-state index is 11.5. The lowest BCUT2D eigenvalue weighted by molar-refractivity contribution is -0.820. The smallest absolute Gasteiger partial charge is 0.363 e. The van der Waals surface area contributed by atoms with Crippen LogP contribution in [-0.4, -0.2) is 41.7 Å². The van der Waals surface area contributed by atoms with Gasteiger partial charge in [0.2, 0.25) is 0 Å². The third kappa shape index (κ3) is 12.8. The largest absolute Gasteiger partial charge is 0.477 e. The zero-order chi connectivity index (χ0) is 20.5. The molecular weight excluding hydrogens is 338 g/mol. The van der Waals surface area contributed by atoms with Crippen molar-refractivity contribution in [3.05, 3.63) is 0 Å². The first-order valence-electron chi connectivity index (χ1n) is 11.2. The highest BCUT2D eigenvalue weighted by molar-refractivity contribution is 5.76. The monoisotopic (exact) mass is 384 g/mol. The molecule has 0 aromatic carbocycles. The summed E-state index contributed by atoms with van der Waals surface area (Å²) in [6.07, 6.45) is 20.1. The number of hydrogen-bond donors (Lipinski definition) is 3. The van der Waals surface area contributed by atoms with Crippen LogP contribution in [0.1, 0.15) is 110 Å². The second kappa shape index (κ2) is 15.9. The first-order chi connectivity index (χ1) is 12.8. The SMILES string of the molecule is CCCCCCCCCCCCCCCCCC(C(=O)O)[N+](C)(C)C(=N)N. The van der Waals surface area contributed by atoms with Crippen LogP contribution in [0.4, 0.5) is 0 Å². The Bertz CT molecular complexity index is 397.